The molecule has 0 spiro atoms. The first-order valence-corrected chi connectivity index (χ1v) is 15.9. The third-order valence-corrected chi connectivity index (χ3v) is 8.25. The van der Waals surface area contributed by atoms with Crippen molar-refractivity contribution in [3.8, 4) is 11.4 Å². The highest BCUT2D eigenvalue weighted by Gasteiger charge is 2.36. The Bertz CT molecular complexity index is 1300. The van der Waals surface area contributed by atoms with E-state index in [1.807, 2.05) is 25.1 Å². The van der Waals surface area contributed by atoms with Gasteiger partial charge in [-0.15, -0.1) is 5.06 Å². The predicted molar refractivity (Wildman–Crippen MR) is 154 cm³/mol. The van der Waals surface area contributed by atoms with E-state index in [9.17, 15) is 23.8 Å². The molecule has 2 saturated heterocycles. The number of hydrogen-bond donors (Lipinski definition) is 4. The molecule has 234 valence electrons. The number of unbranched alkanes of at least 4 members (excludes halogenated alkanes) is 1. The second kappa shape index (κ2) is 15.2. The van der Waals surface area contributed by atoms with E-state index in [0.717, 1.165) is 12.8 Å². The van der Waals surface area contributed by atoms with Gasteiger partial charge in [-0.25, -0.2) is 14.8 Å². The number of carbonyl (C=O) groups excluding carboxylic acids is 2. The van der Waals surface area contributed by atoms with E-state index in [-0.39, 0.29) is 50.3 Å². The van der Waals surface area contributed by atoms with Gasteiger partial charge in [0, 0.05) is 31.3 Å². The monoisotopic (exact) mass is 620 g/mol. The molecule has 1 aromatic carbocycles. The maximum Gasteiger partial charge on any atom is 0.525 e. The third-order valence-electron chi connectivity index (χ3n) is 6.84. The maximum absolute atomic E-state index is 13.6. The van der Waals surface area contributed by atoms with Gasteiger partial charge in [0.2, 0.25) is 5.91 Å². The molecule has 2 aromatic rings. The molecule has 1 unspecified atom stereocenters. The van der Waals surface area contributed by atoms with Gasteiger partial charge in [-0.05, 0) is 12.8 Å². The minimum absolute atomic E-state index is 0.00641. The largest absolute Gasteiger partial charge is 0.525 e. The summed E-state index contributed by atoms with van der Waals surface area (Å²) in [7, 11) is -4.28. The number of ether oxygens (including phenoxy) is 1. The molecule has 15 nitrogen and oxygen atoms in total. The number of nitrogens with zero attached hydrogens (tertiary/aromatic N) is 4. The average molecular weight is 621 g/mol. The van der Waals surface area contributed by atoms with Crippen LogP contribution in [0.4, 0.5) is 10.6 Å². The molecule has 0 bridgehead atoms. The fourth-order valence-corrected chi connectivity index (χ4v) is 5.82. The van der Waals surface area contributed by atoms with Crippen molar-refractivity contribution in [1.82, 2.24) is 25.2 Å². The summed E-state index contributed by atoms with van der Waals surface area (Å²) in [5, 5.41) is 15.9. The van der Waals surface area contributed by atoms with Crippen molar-refractivity contribution in [1.29, 1.82) is 0 Å². The predicted octanol–water partition coefficient (Wildman–Crippen LogP) is 2.20. The van der Waals surface area contributed by atoms with Gasteiger partial charge >= 0.3 is 13.8 Å². The van der Waals surface area contributed by atoms with Gasteiger partial charge in [0.15, 0.2) is 5.82 Å². The van der Waals surface area contributed by atoms with E-state index in [1.165, 1.54) is 16.0 Å². The van der Waals surface area contributed by atoms with Crippen LogP contribution in [0.2, 0.25) is 0 Å². The average Bonchev–Trinajstić information content (AvgIpc) is 3.50. The molecule has 3 heterocycles. The molecule has 2 fully saturated rings. The normalized spacial score (nSPS) is 19.3. The van der Waals surface area contributed by atoms with Crippen molar-refractivity contribution in [3.63, 3.8) is 0 Å². The summed E-state index contributed by atoms with van der Waals surface area (Å²) in [5.41, 5.74) is 0.619. The molecule has 1 aromatic heterocycles. The highest BCUT2D eigenvalue weighted by Crippen LogP contribution is 2.43. The molecular formula is C27H37N6O9P. The Morgan fingerprint density at radius 3 is 2.56 bits per heavy atom. The Balaban J connectivity index is 1.57. The van der Waals surface area contributed by atoms with Crippen molar-refractivity contribution in [2.75, 3.05) is 57.5 Å². The molecule has 43 heavy (non-hydrogen) atoms. The van der Waals surface area contributed by atoms with Crippen molar-refractivity contribution < 1.29 is 43.0 Å². The maximum atomic E-state index is 13.6. The molecule has 0 aliphatic carbocycles. The van der Waals surface area contributed by atoms with Crippen molar-refractivity contribution in [2.24, 2.45) is 0 Å². The third kappa shape index (κ3) is 9.70. The van der Waals surface area contributed by atoms with E-state index in [1.54, 1.807) is 12.1 Å². The number of carboxylic acid groups (broad SMARTS) is 1. The van der Waals surface area contributed by atoms with Crippen LogP contribution < -0.4 is 10.6 Å². The first kappa shape index (κ1) is 32.3. The topological polar surface area (TPSA) is 193 Å². The first-order chi connectivity index (χ1) is 20.6. The first-order valence-electron chi connectivity index (χ1n) is 14.1. The van der Waals surface area contributed by atoms with Gasteiger partial charge in [0.1, 0.15) is 17.6 Å². The van der Waals surface area contributed by atoms with Crippen LogP contribution in [0.15, 0.2) is 36.4 Å². The molecule has 0 saturated carbocycles. The molecular weight excluding hydrogens is 583 g/mol. The fraction of sp³-hybridized carbons (Fsp3) is 0.519. The van der Waals surface area contributed by atoms with Crippen LogP contribution in [0.3, 0.4) is 0 Å². The van der Waals surface area contributed by atoms with E-state index in [4.69, 9.17) is 14.4 Å². The fourth-order valence-electron chi connectivity index (χ4n) is 4.59. The number of hydroxylamine groups is 2. The Kier molecular flexibility index (Phi) is 11.4. The zero-order valence-corrected chi connectivity index (χ0v) is 24.8. The summed E-state index contributed by atoms with van der Waals surface area (Å²) in [5.74, 6) is -0.689. The molecule has 16 heteroatoms. The molecule has 2 aliphatic rings. The minimum Gasteiger partial charge on any atom is -0.448 e. The number of anilines is 1. The lowest BCUT2D eigenvalue weighted by atomic mass is 10.2. The van der Waals surface area contributed by atoms with Crippen LogP contribution in [0.1, 0.15) is 36.7 Å². The lowest BCUT2D eigenvalue weighted by molar-refractivity contribution is -0.154. The van der Waals surface area contributed by atoms with E-state index in [2.05, 4.69) is 25.4 Å². The standard InChI is InChI=1S/C27H37N6O9P/c1-2-3-14-41-43(38,39)18-22(26(35)32-10-12-33(13-11-32)42-27(36)37)30-25(34)21-16-23(28-20-9-15-40-17-20)31-24(29-21)19-7-5-4-6-8-19/h4-8,16,20,22H,2-3,9-15,17-18H2,1H3,(H,30,34)(H,36,37)(H,38,39)(H,28,29,31)/t20-,22+/m1/s1. The van der Waals surface area contributed by atoms with Crippen LogP contribution >= 0.6 is 7.60 Å². The number of benzene rings is 1. The van der Waals surface area contributed by atoms with Crippen LogP contribution in [0, 0.1) is 0 Å². The Morgan fingerprint density at radius 2 is 1.91 bits per heavy atom. The molecule has 0 radical (unpaired) electrons. The van der Waals surface area contributed by atoms with Gasteiger partial charge in [-0.2, -0.15) is 0 Å². The summed E-state index contributed by atoms with van der Waals surface area (Å²) in [6.07, 6.45) is -0.0790. The number of piperazine rings is 1. The number of amides is 2. The quantitative estimate of drug-likeness (QED) is 0.188. The minimum atomic E-state index is -4.28. The number of hydrogen-bond acceptors (Lipinski definition) is 11. The number of nitrogens with one attached hydrogen (secondary N) is 2. The van der Waals surface area contributed by atoms with Crippen LogP contribution in [0.25, 0.3) is 11.4 Å². The zero-order valence-electron chi connectivity index (χ0n) is 23.9. The SMILES string of the molecule is CCCCOP(=O)(O)C[C@H](NC(=O)c1cc(N[C@@H]2CCOC2)nc(-c2ccccc2)n1)C(=O)N1CCN(OC(=O)O)CC1. The van der Waals surface area contributed by atoms with E-state index < -0.39 is 37.8 Å². The Morgan fingerprint density at radius 1 is 1.16 bits per heavy atom. The number of carbonyl (C=O) groups is 3. The van der Waals surface area contributed by atoms with Gasteiger partial charge in [-0.1, -0.05) is 43.7 Å². The summed E-state index contributed by atoms with van der Waals surface area (Å²) in [6, 6.07) is 9.10. The summed E-state index contributed by atoms with van der Waals surface area (Å²) >= 11 is 0. The highest BCUT2D eigenvalue weighted by atomic mass is 31.2. The van der Waals surface area contributed by atoms with Crippen LogP contribution in [0.5, 0.6) is 0 Å². The second-order valence-corrected chi connectivity index (χ2v) is 12.1. The lowest BCUT2D eigenvalue weighted by Crippen LogP contribution is -2.56. The van der Waals surface area contributed by atoms with Crippen LogP contribution in [-0.2, 0) is 23.5 Å². The number of aromatic nitrogens is 2. The van der Waals surface area contributed by atoms with Gasteiger partial charge < -0.3 is 39.6 Å². The zero-order chi connectivity index (χ0) is 30.8. The summed E-state index contributed by atoms with van der Waals surface area (Å²) < 4.78 is 23.6. The molecule has 2 aliphatic heterocycles. The summed E-state index contributed by atoms with van der Waals surface area (Å²) in [4.78, 5) is 63.6. The number of rotatable bonds is 13. The van der Waals surface area contributed by atoms with Gasteiger partial charge in [-0.3, -0.25) is 14.2 Å². The molecule has 4 N–H and O–H groups in total. The Hall–Kier alpha value is -3.62. The molecule has 3 atom stereocenters. The highest BCUT2D eigenvalue weighted by molar-refractivity contribution is 7.52. The van der Waals surface area contributed by atoms with Gasteiger partial charge in [0.05, 0.1) is 38.5 Å². The lowest BCUT2D eigenvalue weighted by Gasteiger charge is -2.35. The van der Waals surface area contributed by atoms with Crippen LogP contribution in [-0.4, -0.2) is 112 Å². The van der Waals surface area contributed by atoms with Crippen molar-refractivity contribution >= 4 is 31.4 Å². The van der Waals surface area contributed by atoms with Crippen molar-refractivity contribution in [2.45, 2.75) is 38.3 Å². The van der Waals surface area contributed by atoms with E-state index in [0.29, 0.717) is 31.0 Å². The molecule has 4 rings (SSSR count). The summed E-state index contributed by atoms with van der Waals surface area (Å²) in [6.45, 7) is 3.35. The van der Waals surface area contributed by atoms with Crippen molar-refractivity contribution in [3.05, 3.63) is 42.1 Å². The van der Waals surface area contributed by atoms with Gasteiger partial charge in [0.25, 0.3) is 5.91 Å². The second-order valence-electron chi connectivity index (χ2n) is 10.2. The van der Waals surface area contributed by atoms with E-state index >= 15 is 0 Å². The Labute approximate surface area is 249 Å². The smallest absolute Gasteiger partial charge is 0.448 e. The molecule has 2 amide bonds.